The number of benzene rings is 2. The molecule has 7 nitrogen and oxygen atoms in total. The Labute approximate surface area is 202 Å². The fourth-order valence-corrected chi connectivity index (χ4v) is 4.10. The van der Waals surface area contributed by atoms with Crippen LogP contribution in [0.15, 0.2) is 48.5 Å². The number of amides is 2. The molecule has 2 amide bonds. The molecular formula is C27H36N4O3. The van der Waals surface area contributed by atoms with Crippen molar-refractivity contribution in [3.8, 4) is 0 Å². The number of rotatable bonds is 6. The minimum Gasteiger partial charge on any atom is -0.444 e. The molecule has 0 aliphatic carbocycles. The van der Waals surface area contributed by atoms with Crippen LogP contribution in [0.2, 0.25) is 0 Å². The van der Waals surface area contributed by atoms with Gasteiger partial charge in [-0.05, 0) is 75.6 Å². The lowest BCUT2D eigenvalue weighted by molar-refractivity contribution is -0.118. The van der Waals surface area contributed by atoms with E-state index in [1.54, 1.807) is 0 Å². The lowest BCUT2D eigenvalue weighted by Crippen LogP contribution is -2.44. The summed E-state index contributed by atoms with van der Waals surface area (Å²) in [5.41, 5.74) is 9.97. The molecule has 0 spiro atoms. The van der Waals surface area contributed by atoms with Gasteiger partial charge < -0.3 is 26.0 Å². The zero-order chi connectivity index (χ0) is 24.9. The van der Waals surface area contributed by atoms with Crippen LogP contribution < -0.4 is 21.3 Å². The van der Waals surface area contributed by atoms with E-state index < -0.39 is 11.7 Å². The summed E-state index contributed by atoms with van der Waals surface area (Å²) in [5.74, 6) is 0.104. The SMILES string of the molecule is CCC(=O)N1c2cc(/C=C/CNC(=O)OC(C)(C)C)ccc2[C@H](Nc2ccc(N)cc2)C[C@@H]1C. The van der Waals surface area contributed by atoms with E-state index in [1.165, 1.54) is 0 Å². The molecule has 34 heavy (non-hydrogen) atoms. The molecule has 0 bridgehead atoms. The lowest BCUT2D eigenvalue weighted by atomic mass is 9.90. The third-order valence-corrected chi connectivity index (χ3v) is 5.60. The maximum Gasteiger partial charge on any atom is 0.407 e. The molecule has 1 heterocycles. The van der Waals surface area contributed by atoms with Crippen LogP contribution in [0.5, 0.6) is 0 Å². The minimum atomic E-state index is -0.533. The van der Waals surface area contributed by atoms with Gasteiger partial charge in [-0.2, -0.15) is 0 Å². The average Bonchev–Trinajstić information content (AvgIpc) is 2.76. The van der Waals surface area contributed by atoms with Crippen molar-refractivity contribution < 1.29 is 14.3 Å². The summed E-state index contributed by atoms with van der Waals surface area (Å²) in [6.07, 6.45) is 4.60. The Bertz CT molecular complexity index is 1040. The Morgan fingerprint density at radius 2 is 1.88 bits per heavy atom. The van der Waals surface area contributed by atoms with E-state index in [0.29, 0.717) is 13.0 Å². The second-order valence-corrected chi connectivity index (χ2v) is 9.62. The standard InChI is InChI=1S/C27H36N4O3/c1-6-25(32)31-18(2)16-23(30-21-12-10-20(28)11-13-21)22-14-9-19(17-24(22)31)8-7-15-29-26(33)34-27(3,4)5/h7-14,17-18,23,30H,6,15-16,28H2,1-5H3,(H,29,33)/b8-7+/t18-,23+/m0/s1. The molecule has 0 saturated heterocycles. The highest BCUT2D eigenvalue weighted by Gasteiger charge is 2.33. The average molecular weight is 465 g/mol. The molecule has 2 aromatic rings. The summed E-state index contributed by atoms with van der Waals surface area (Å²) in [6.45, 7) is 9.81. The van der Waals surface area contributed by atoms with Gasteiger partial charge in [0, 0.05) is 36.1 Å². The Kier molecular flexibility index (Phi) is 7.87. The molecule has 1 aliphatic heterocycles. The zero-order valence-electron chi connectivity index (χ0n) is 20.7. The quantitative estimate of drug-likeness (QED) is 0.491. The first-order chi connectivity index (χ1) is 16.1. The molecule has 0 aromatic heterocycles. The van der Waals surface area contributed by atoms with E-state index in [0.717, 1.165) is 34.6 Å². The van der Waals surface area contributed by atoms with Crippen LogP contribution in [0.1, 0.15) is 64.6 Å². The van der Waals surface area contributed by atoms with Crippen LogP contribution in [-0.4, -0.2) is 30.2 Å². The van der Waals surface area contributed by atoms with Gasteiger partial charge in [0.05, 0.1) is 6.04 Å². The van der Waals surface area contributed by atoms with E-state index in [1.807, 2.05) is 81.1 Å². The van der Waals surface area contributed by atoms with E-state index in [-0.39, 0.29) is 18.0 Å². The van der Waals surface area contributed by atoms with Crippen LogP contribution in [0.25, 0.3) is 6.08 Å². The number of nitrogen functional groups attached to an aromatic ring is 1. The first kappa shape index (κ1) is 25.1. The smallest absolute Gasteiger partial charge is 0.407 e. The van der Waals surface area contributed by atoms with Crippen LogP contribution in [0.4, 0.5) is 21.9 Å². The van der Waals surface area contributed by atoms with E-state index in [2.05, 4.69) is 23.6 Å². The molecule has 1 aliphatic rings. The molecule has 0 unspecified atom stereocenters. The summed E-state index contributed by atoms with van der Waals surface area (Å²) in [5, 5.41) is 6.32. The molecule has 4 N–H and O–H groups in total. The summed E-state index contributed by atoms with van der Waals surface area (Å²) < 4.78 is 5.25. The van der Waals surface area contributed by atoms with Crippen LogP contribution >= 0.6 is 0 Å². The maximum atomic E-state index is 12.8. The van der Waals surface area contributed by atoms with Gasteiger partial charge in [-0.3, -0.25) is 4.79 Å². The fourth-order valence-electron chi connectivity index (χ4n) is 4.10. The summed E-state index contributed by atoms with van der Waals surface area (Å²) >= 11 is 0. The number of nitrogens with two attached hydrogens (primary N) is 1. The number of carbonyl (C=O) groups excluding carboxylic acids is 2. The highest BCUT2D eigenvalue weighted by Crippen LogP contribution is 2.40. The first-order valence-electron chi connectivity index (χ1n) is 11.8. The lowest BCUT2D eigenvalue weighted by Gasteiger charge is -2.40. The highest BCUT2D eigenvalue weighted by atomic mass is 16.6. The second kappa shape index (κ2) is 10.6. The number of hydrogen-bond acceptors (Lipinski definition) is 5. The largest absolute Gasteiger partial charge is 0.444 e. The van der Waals surface area contributed by atoms with Crippen LogP contribution in [-0.2, 0) is 9.53 Å². The van der Waals surface area contributed by atoms with Gasteiger partial charge in [0.2, 0.25) is 5.91 Å². The van der Waals surface area contributed by atoms with Gasteiger partial charge >= 0.3 is 6.09 Å². The molecule has 0 radical (unpaired) electrons. The topological polar surface area (TPSA) is 96.7 Å². The van der Waals surface area contributed by atoms with Crippen molar-refractivity contribution in [2.75, 3.05) is 22.5 Å². The number of fused-ring (bicyclic) bond motifs is 1. The summed E-state index contributed by atoms with van der Waals surface area (Å²) in [6, 6.07) is 14.0. The van der Waals surface area contributed by atoms with Gasteiger partial charge in [-0.25, -0.2) is 4.79 Å². The third kappa shape index (κ3) is 6.53. The Balaban J connectivity index is 1.81. The maximum absolute atomic E-state index is 12.8. The molecule has 0 fully saturated rings. The molecule has 3 rings (SSSR count). The number of ether oxygens (including phenoxy) is 1. The third-order valence-electron chi connectivity index (χ3n) is 5.60. The summed E-state index contributed by atoms with van der Waals surface area (Å²) in [7, 11) is 0. The van der Waals surface area contributed by atoms with Gasteiger partial charge in [0.1, 0.15) is 5.60 Å². The van der Waals surface area contributed by atoms with Crippen molar-refractivity contribution >= 4 is 35.1 Å². The summed E-state index contributed by atoms with van der Waals surface area (Å²) in [4.78, 5) is 26.6. The van der Waals surface area contributed by atoms with Gasteiger partial charge in [0.25, 0.3) is 0 Å². The predicted molar refractivity (Wildman–Crippen MR) is 139 cm³/mol. The zero-order valence-corrected chi connectivity index (χ0v) is 20.7. The van der Waals surface area contributed by atoms with Crippen molar-refractivity contribution in [1.29, 1.82) is 0 Å². The number of anilines is 3. The predicted octanol–water partition coefficient (Wildman–Crippen LogP) is 5.50. The highest BCUT2D eigenvalue weighted by molar-refractivity contribution is 5.95. The van der Waals surface area contributed by atoms with E-state index in [4.69, 9.17) is 10.5 Å². The molecule has 0 saturated carbocycles. The molecule has 2 atom stereocenters. The molecule has 7 heteroatoms. The normalized spacial score (nSPS) is 17.9. The molecule has 2 aromatic carbocycles. The number of nitrogens with one attached hydrogen (secondary N) is 2. The Hall–Kier alpha value is -3.48. The van der Waals surface area contributed by atoms with Crippen molar-refractivity contribution in [1.82, 2.24) is 5.32 Å². The number of alkyl carbamates (subject to hydrolysis) is 1. The second-order valence-electron chi connectivity index (χ2n) is 9.62. The number of carbonyl (C=O) groups is 2. The Morgan fingerprint density at radius 3 is 2.53 bits per heavy atom. The van der Waals surface area contributed by atoms with Gasteiger partial charge in [-0.1, -0.05) is 31.2 Å². The Morgan fingerprint density at radius 1 is 1.18 bits per heavy atom. The van der Waals surface area contributed by atoms with E-state index in [9.17, 15) is 9.59 Å². The van der Waals surface area contributed by atoms with Gasteiger partial charge in [-0.15, -0.1) is 0 Å². The van der Waals surface area contributed by atoms with Crippen LogP contribution in [0, 0.1) is 0 Å². The van der Waals surface area contributed by atoms with Gasteiger partial charge in [0.15, 0.2) is 0 Å². The monoisotopic (exact) mass is 464 g/mol. The van der Waals surface area contributed by atoms with Crippen molar-refractivity contribution in [2.24, 2.45) is 0 Å². The number of nitrogens with zero attached hydrogens (tertiary/aromatic N) is 1. The van der Waals surface area contributed by atoms with E-state index >= 15 is 0 Å². The van der Waals surface area contributed by atoms with Crippen molar-refractivity contribution in [2.45, 2.75) is 65.1 Å². The van der Waals surface area contributed by atoms with Crippen molar-refractivity contribution in [3.63, 3.8) is 0 Å². The number of hydrogen-bond donors (Lipinski definition) is 3. The minimum absolute atomic E-state index is 0.0549. The molecule has 182 valence electrons. The van der Waals surface area contributed by atoms with Crippen molar-refractivity contribution in [3.05, 3.63) is 59.7 Å². The van der Waals surface area contributed by atoms with Crippen LogP contribution in [0.3, 0.4) is 0 Å². The molecular weight excluding hydrogens is 428 g/mol. The first-order valence-corrected chi connectivity index (χ1v) is 11.8. The fraction of sp³-hybridized carbons (Fsp3) is 0.407.